The molecule has 2 aliphatic rings. The summed E-state index contributed by atoms with van der Waals surface area (Å²) < 4.78 is 29.0. The zero-order valence-electron chi connectivity index (χ0n) is 13.2. The first kappa shape index (κ1) is 16.8. The highest BCUT2D eigenvalue weighted by atomic mass is 19.1. The minimum absolute atomic E-state index is 0.0751. The molecule has 2 N–H and O–H groups in total. The van der Waals surface area contributed by atoms with Crippen LogP contribution in [0.15, 0.2) is 12.1 Å². The highest BCUT2D eigenvalue weighted by Crippen LogP contribution is 2.33. The predicted octanol–water partition coefficient (Wildman–Crippen LogP) is 1.69. The van der Waals surface area contributed by atoms with Gasteiger partial charge in [0.2, 0.25) is 11.8 Å². The van der Waals surface area contributed by atoms with Crippen molar-refractivity contribution in [1.82, 2.24) is 5.32 Å². The molecule has 3 rings (SSSR count). The van der Waals surface area contributed by atoms with Crippen LogP contribution < -0.4 is 10.2 Å². The van der Waals surface area contributed by atoms with Crippen molar-refractivity contribution < 1.29 is 23.5 Å². The van der Waals surface area contributed by atoms with Crippen LogP contribution in [0.3, 0.4) is 0 Å². The second kappa shape index (κ2) is 6.84. The number of amides is 2. The number of carbonyl (C=O) groups excluding carboxylic acids is 2. The third kappa shape index (κ3) is 3.26. The molecule has 2 aliphatic heterocycles. The fourth-order valence-electron chi connectivity index (χ4n) is 3.43. The maximum atomic E-state index is 14.5. The fraction of sp³-hybridized carbons (Fsp3) is 0.529. The Bertz CT molecular complexity index is 634. The van der Waals surface area contributed by atoms with E-state index >= 15 is 0 Å². The molecule has 0 bridgehead atoms. The first-order valence-corrected chi connectivity index (χ1v) is 8.18. The molecule has 0 radical (unpaired) electrons. The van der Waals surface area contributed by atoms with Gasteiger partial charge >= 0.3 is 0 Å². The summed E-state index contributed by atoms with van der Waals surface area (Å²) >= 11 is 0. The highest BCUT2D eigenvalue weighted by molar-refractivity contribution is 6.01. The van der Waals surface area contributed by atoms with E-state index in [4.69, 9.17) is 5.11 Å². The number of imide groups is 1. The number of rotatable bonds is 3. The molecule has 2 saturated heterocycles. The van der Waals surface area contributed by atoms with Gasteiger partial charge in [-0.05, 0) is 37.3 Å². The third-order valence-corrected chi connectivity index (χ3v) is 4.89. The Hall–Kier alpha value is -2.02. The number of nitrogens with zero attached hydrogens (tertiary/aromatic N) is 1. The van der Waals surface area contributed by atoms with E-state index in [2.05, 4.69) is 5.32 Å². The number of hydrogen-bond donors (Lipinski definition) is 2. The Morgan fingerprint density at radius 1 is 1.12 bits per heavy atom. The number of benzene rings is 1. The molecule has 1 aromatic rings. The van der Waals surface area contributed by atoms with Crippen molar-refractivity contribution in [3.8, 4) is 0 Å². The largest absolute Gasteiger partial charge is 0.396 e. The molecule has 130 valence electrons. The first-order valence-electron chi connectivity index (χ1n) is 8.18. The molecular weight excluding hydrogens is 318 g/mol. The molecule has 5 nitrogen and oxygen atoms in total. The van der Waals surface area contributed by atoms with Gasteiger partial charge in [0, 0.05) is 37.4 Å². The van der Waals surface area contributed by atoms with Crippen LogP contribution >= 0.6 is 0 Å². The molecule has 24 heavy (non-hydrogen) atoms. The number of hydrogen-bond acceptors (Lipinski definition) is 4. The smallest absolute Gasteiger partial charge is 0.234 e. The van der Waals surface area contributed by atoms with Crippen molar-refractivity contribution in [2.45, 2.75) is 31.6 Å². The number of nitrogens with one attached hydrogen (secondary N) is 1. The van der Waals surface area contributed by atoms with Gasteiger partial charge in [-0.3, -0.25) is 14.9 Å². The summed E-state index contributed by atoms with van der Waals surface area (Å²) in [4.78, 5) is 24.9. The molecule has 0 saturated carbocycles. The zero-order chi connectivity index (χ0) is 17.3. The van der Waals surface area contributed by atoms with Crippen LogP contribution in [-0.4, -0.2) is 36.6 Å². The van der Waals surface area contributed by atoms with Gasteiger partial charge in [0.25, 0.3) is 0 Å². The monoisotopic (exact) mass is 338 g/mol. The average molecular weight is 338 g/mol. The van der Waals surface area contributed by atoms with E-state index in [-0.39, 0.29) is 30.9 Å². The van der Waals surface area contributed by atoms with Crippen molar-refractivity contribution in [2.75, 3.05) is 24.6 Å². The van der Waals surface area contributed by atoms with Crippen LogP contribution in [0, 0.1) is 17.6 Å². The SMILES string of the molecule is O=C1CCC(c2c(F)cc(N3CCC(CO)CC3)cc2F)C(=O)N1. The third-order valence-electron chi connectivity index (χ3n) is 4.89. The normalized spacial score (nSPS) is 22.6. The van der Waals surface area contributed by atoms with E-state index in [1.54, 1.807) is 0 Å². The van der Waals surface area contributed by atoms with Crippen molar-refractivity contribution >= 4 is 17.5 Å². The summed E-state index contributed by atoms with van der Waals surface area (Å²) in [6, 6.07) is 2.50. The molecule has 1 unspecified atom stereocenters. The topological polar surface area (TPSA) is 69.6 Å². The summed E-state index contributed by atoms with van der Waals surface area (Å²) in [7, 11) is 0. The van der Waals surface area contributed by atoms with Crippen molar-refractivity contribution in [2.24, 2.45) is 5.92 Å². The lowest BCUT2D eigenvalue weighted by molar-refractivity contribution is -0.134. The van der Waals surface area contributed by atoms with Gasteiger partial charge in [-0.15, -0.1) is 0 Å². The summed E-state index contributed by atoms with van der Waals surface area (Å²) in [5.74, 6) is -3.33. The van der Waals surface area contributed by atoms with Gasteiger partial charge in [0.1, 0.15) is 11.6 Å². The van der Waals surface area contributed by atoms with Crippen molar-refractivity contribution in [3.63, 3.8) is 0 Å². The number of carbonyl (C=O) groups is 2. The summed E-state index contributed by atoms with van der Waals surface area (Å²) in [5, 5.41) is 11.3. The molecule has 2 amide bonds. The number of piperidine rings is 2. The molecule has 0 spiro atoms. The van der Waals surface area contributed by atoms with E-state index in [1.165, 1.54) is 12.1 Å². The minimum atomic E-state index is -0.975. The number of aliphatic hydroxyl groups is 1. The Morgan fingerprint density at radius 3 is 2.29 bits per heavy atom. The average Bonchev–Trinajstić information content (AvgIpc) is 2.56. The second-order valence-electron chi connectivity index (χ2n) is 6.44. The van der Waals surface area contributed by atoms with E-state index in [1.807, 2.05) is 4.90 Å². The van der Waals surface area contributed by atoms with E-state index in [0.29, 0.717) is 18.8 Å². The molecular formula is C17H20F2N2O3. The van der Waals surface area contributed by atoms with Crippen molar-refractivity contribution in [1.29, 1.82) is 0 Å². The molecule has 2 heterocycles. The van der Waals surface area contributed by atoms with Gasteiger partial charge in [0.15, 0.2) is 0 Å². The molecule has 1 atom stereocenters. The quantitative estimate of drug-likeness (QED) is 0.823. The summed E-state index contributed by atoms with van der Waals surface area (Å²) in [6.45, 7) is 1.38. The van der Waals surface area contributed by atoms with Crippen molar-refractivity contribution in [3.05, 3.63) is 29.3 Å². The molecule has 1 aromatic carbocycles. The number of halogens is 2. The van der Waals surface area contributed by atoms with Gasteiger partial charge in [0.05, 0.1) is 5.92 Å². The maximum absolute atomic E-state index is 14.5. The van der Waals surface area contributed by atoms with Gasteiger partial charge in [-0.25, -0.2) is 8.78 Å². The fourth-order valence-corrected chi connectivity index (χ4v) is 3.43. The van der Waals surface area contributed by atoms with E-state index in [0.717, 1.165) is 12.8 Å². The van der Waals surface area contributed by atoms with Crippen LogP contribution in [0.2, 0.25) is 0 Å². The highest BCUT2D eigenvalue weighted by Gasteiger charge is 2.33. The summed E-state index contributed by atoms with van der Waals surface area (Å²) in [5.41, 5.74) is 0.173. The second-order valence-corrected chi connectivity index (χ2v) is 6.44. The van der Waals surface area contributed by atoms with Gasteiger partial charge < -0.3 is 10.0 Å². The van der Waals surface area contributed by atoms with Crippen LogP contribution in [0.25, 0.3) is 0 Å². The van der Waals surface area contributed by atoms with E-state index < -0.39 is 29.4 Å². The van der Waals surface area contributed by atoms with Crippen LogP contribution in [-0.2, 0) is 9.59 Å². The number of aliphatic hydroxyl groups excluding tert-OH is 1. The Kier molecular flexibility index (Phi) is 4.80. The predicted molar refractivity (Wildman–Crippen MR) is 83.5 cm³/mol. The lowest BCUT2D eigenvalue weighted by Crippen LogP contribution is -2.40. The molecule has 0 aromatic heterocycles. The standard InChI is InChI=1S/C17H20F2N2O3/c18-13-7-11(21-5-3-10(9-22)4-6-21)8-14(19)16(13)12-1-2-15(23)20-17(12)24/h7-8,10,12,22H,1-6,9H2,(H,20,23,24). The Morgan fingerprint density at radius 2 is 1.75 bits per heavy atom. The maximum Gasteiger partial charge on any atom is 0.234 e. The Balaban J connectivity index is 1.82. The Labute approximate surface area is 138 Å². The minimum Gasteiger partial charge on any atom is -0.396 e. The van der Waals surface area contributed by atoms with E-state index in [9.17, 15) is 18.4 Å². The van der Waals surface area contributed by atoms with Gasteiger partial charge in [-0.1, -0.05) is 0 Å². The molecule has 0 aliphatic carbocycles. The lowest BCUT2D eigenvalue weighted by Gasteiger charge is -2.33. The summed E-state index contributed by atoms with van der Waals surface area (Å²) in [6.07, 6.45) is 1.73. The molecule has 2 fully saturated rings. The van der Waals surface area contributed by atoms with Crippen LogP contribution in [0.1, 0.15) is 37.2 Å². The van der Waals surface area contributed by atoms with Crippen LogP contribution in [0.5, 0.6) is 0 Å². The van der Waals surface area contributed by atoms with Crippen LogP contribution in [0.4, 0.5) is 14.5 Å². The number of anilines is 1. The zero-order valence-corrected chi connectivity index (χ0v) is 13.2. The lowest BCUT2D eigenvalue weighted by atomic mass is 9.89. The molecule has 7 heteroatoms. The first-order chi connectivity index (χ1) is 11.5. The van der Waals surface area contributed by atoms with Gasteiger partial charge in [-0.2, -0.15) is 0 Å².